The molecule has 140 valence electrons. The molecule has 0 saturated carbocycles. The SMILES string of the molecule is CCOc1ccc(-c2noc(CNC(=O)c3noc4c3CCCC4)n2)cn1. The fourth-order valence-corrected chi connectivity index (χ4v) is 2.99. The lowest BCUT2D eigenvalue weighted by Crippen LogP contribution is -2.24. The second-order valence-corrected chi connectivity index (χ2v) is 6.15. The average Bonchev–Trinajstić information content (AvgIpc) is 3.34. The van der Waals surface area contributed by atoms with Gasteiger partial charge in [-0.15, -0.1) is 0 Å². The zero-order chi connectivity index (χ0) is 18.6. The number of fused-ring (bicyclic) bond motifs is 1. The van der Waals surface area contributed by atoms with Gasteiger partial charge in [-0.1, -0.05) is 10.3 Å². The molecule has 4 rings (SSSR count). The Balaban J connectivity index is 1.39. The normalized spacial score (nSPS) is 13.2. The third-order valence-corrected chi connectivity index (χ3v) is 4.32. The van der Waals surface area contributed by atoms with Gasteiger partial charge in [0, 0.05) is 29.8 Å². The summed E-state index contributed by atoms with van der Waals surface area (Å²) in [5.41, 5.74) is 1.95. The van der Waals surface area contributed by atoms with E-state index in [1.165, 1.54) is 0 Å². The summed E-state index contributed by atoms with van der Waals surface area (Å²) in [6.07, 6.45) is 5.36. The Morgan fingerprint density at radius 3 is 2.93 bits per heavy atom. The van der Waals surface area contributed by atoms with Crippen LogP contribution in [-0.2, 0) is 19.4 Å². The second kappa shape index (κ2) is 7.56. The van der Waals surface area contributed by atoms with Gasteiger partial charge in [0.2, 0.25) is 17.6 Å². The van der Waals surface area contributed by atoms with Crippen molar-refractivity contribution in [2.75, 3.05) is 6.61 Å². The van der Waals surface area contributed by atoms with Crippen LogP contribution in [0.1, 0.15) is 47.5 Å². The molecule has 27 heavy (non-hydrogen) atoms. The predicted molar refractivity (Wildman–Crippen MR) is 93.0 cm³/mol. The summed E-state index contributed by atoms with van der Waals surface area (Å²) in [4.78, 5) is 20.8. The van der Waals surface area contributed by atoms with Crippen molar-refractivity contribution in [3.63, 3.8) is 0 Å². The Hall–Kier alpha value is -3.23. The molecule has 0 bridgehead atoms. The monoisotopic (exact) mass is 369 g/mol. The van der Waals surface area contributed by atoms with Gasteiger partial charge in [0.15, 0.2) is 5.69 Å². The highest BCUT2D eigenvalue weighted by Crippen LogP contribution is 2.24. The number of nitrogens with zero attached hydrogens (tertiary/aromatic N) is 4. The number of rotatable bonds is 6. The van der Waals surface area contributed by atoms with Crippen LogP contribution in [0.5, 0.6) is 5.88 Å². The van der Waals surface area contributed by atoms with E-state index >= 15 is 0 Å². The lowest BCUT2D eigenvalue weighted by molar-refractivity contribution is 0.0936. The lowest BCUT2D eigenvalue weighted by atomic mass is 9.96. The molecule has 1 amide bonds. The van der Waals surface area contributed by atoms with Crippen LogP contribution in [0.2, 0.25) is 0 Å². The van der Waals surface area contributed by atoms with Crippen molar-refractivity contribution in [2.24, 2.45) is 0 Å². The predicted octanol–water partition coefficient (Wildman–Crippen LogP) is 2.33. The largest absolute Gasteiger partial charge is 0.478 e. The fourth-order valence-electron chi connectivity index (χ4n) is 2.99. The molecule has 1 N–H and O–H groups in total. The maximum absolute atomic E-state index is 12.4. The summed E-state index contributed by atoms with van der Waals surface area (Å²) in [7, 11) is 0. The number of carbonyl (C=O) groups is 1. The van der Waals surface area contributed by atoms with Crippen LogP contribution < -0.4 is 10.1 Å². The Labute approximate surface area is 155 Å². The van der Waals surface area contributed by atoms with Gasteiger partial charge in [-0.25, -0.2) is 4.98 Å². The number of nitrogens with one attached hydrogen (secondary N) is 1. The minimum atomic E-state index is -0.301. The molecule has 0 aliphatic heterocycles. The minimum absolute atomic E-state index is 0.109. The maximum atomic E-state index is 12.4. The van der Waals surface area contributed by atoms with E-state index in [-0.39, 0.29) is 12.5 Å². The number of amides is 1. The molecule has 0 radical (unpaired) electrons. The van der Waals surface area contributed by atoms with Crippen LogP contribution in [-0.4, -0.2) is 32.8 Å². The zero-order valence-corrected chi connectivity index (χ0v) is 14.9. The molecule has 0 saturated heterocycles. The molecule has 3 aromatic heterocycles. The molecule has 0 fully saturated rings. The van der Waals surface area contributed by atoms with E-state index in [0.717, 1.165) is 37.0 Å². The topological polar surface area (TPSA) is 116 Å². The van der Waals surface area contributed by atoms with E-state index in [1.54, 1.807) is 18.3 Å². The van der Waals surface area contributed by atoms with E-state index in [2.05, 4.69) is 25.6 Å². The summed E-state index contributed by atoms with van der Waals surface area (Å²) in [6, 6.07) is 3.54. The van der Waals surface area contributed by atoms with Crippen LogP contribution in [0.4, 0.5) is 0 Å². The maximum Gasteiger partial charge on any atom is 0.274 e. The average molecular weight is 369 g/mol. The molecule has 0 aromatic carbocycles. The Morgan fingerprint density at radius 1 is 1.22 bits per heavy atom. The van der Waals surface area contributed by atoms with Gasteiger partial charge < -0.3 is 19.1 Å². The first-order chi connectivity index (χ1) is 13.2. The van der Waals surface area contributed by atoms with E-state index < -0.39 is 0 Å². The number of carbonyl (C=O) groups excluding carboxylic acids is 1. The standard InChI is InChI=1S/C18H19N5O4/c1-2-25-14-8-7-11(9-19-14)17-21-15(27-23-17)10-20-18(24)16-12-5-3-4-6-13(12)26-22-16/h7-9H,2-6,10H2,1H3,(H,20,24). The van der Waals surface area contributed by atoms with Crippen LogP contribution in [0.3, 0.4) is 0 Å². The van der Waals surface area contributed by atoms with Crippen molar-refractivity contribution >= 4 is 5.91 Å². The smallest absolute Gasteiger partial charge is 0.274 e. The molecule has 1 aliphatic rings. The number of hydrogen-bond donors (Lipinski definition) is 1. The first kappa shape index (κ1) is 17.2. The zero-order valence-electron chi connectivity index (χ0n) is 14.9. The Kier molecular flexibility index (Phi) is 4.82. The summed E-state index contributed by atoms with van der Waals surface area (Å²) in [5, 5.41) is 10.6. The highest BCUT2D eigenvalue weighted by atomic mass is 16.5. The minimum Gasteiger partial charge on any atom is -0.478 e. The molecule has 0 atom stereocenters. The summed E-state index contributed by atoms with van der Waals surface area (Å²) in [6.45, 7) is 2.55. The second-order valence-electron chi connectivity index (χ2n) is 6.15. The van der Waals surface area contributed by atoms with Crippen molar-refractivity contribution in [2.45, 2.75) is 39.2 Å². The van der Waals surface area contributed by atoms with Crippen molar-refractivity contribution in [1.29, 1.82) is 0 Å². The molecule has 3 heterocycles. The molecule has 0 spiro atoms. The molecule has 3 aromatic rings. The first-order valence-corrected chi connectivity index (χ1v) is 8.92. The Morgan fingerprint density at radius 2 is 2.11 bits per heavy atom. The highest BCUT2D eigenvalue weighted by molar-refractivity contribution is 5.93. The Bertz CT molecular complexity index is 932. The lowest BCUT2D eigenvalue weighted by Gasteiger charge is -2.08. The van der Waals surface area contributed by atoms with Gasteiger partial charge in [-0.3, -0.25) is 4.79 Å². The number of aryl methyl sites for hydroxylation is 1. The van der Waals surface area contributed by atoms with Crippen LogP contribution >= 0.6 is 0 Å². The molecular weight excluding hydrogens is 350 g/mol. The third kappa shape index (κ3) is 3.67. The number of ether oxygens (including phenoxy) is 1. The van der Waals surface area contributed by atoms with Gasteiger partial charge >= 0.3 is 0 Å². The van der Waals surface area contributed by atoms with Crippen LogP contribution in [0.15, 0.2) is 27.4 Å². The van der Waals surface area contributed by atoms with E-state index in [4.69, 9.17) is 13.8 Å². The summed E-state index contributed by atoms with van der Waals surface area (Å²) in [5.74, 6) is 1.74. The van der Waals surface area contributed by atoms with Crippen LogP contribution in [0.25, 0.3) is 11.4 Å². The number of hydrogen-bond acceptors (Lipinski definition) is 8. The van der Waals surface area contributed by atoms with Crippen molar-refractivity contribution in [1.82, 2.24) is 25.6 Å². The number of aromatic nitrogens is 4. The van der Waals surface area contributed by atoms with Gasteiger partial charge in [0.05, 0.1) is 13.2 Å². The van der Waals surface area contributed by atoms with Gasteiger partial charge in [0.25, 0.3) is 5.91 Å². The molecule has 9 heteroatoms. The summed E-state index contributed by atoms with van der Waals surface area (Å²) >= 11 is 0. The van der Waals surface area contributed by atoms with Gasteiger partial charge in [-0.2, -0.15) is 4.98 Å². The molecule has 1 aliphatic carbocycles. The summed E-state index contributed by atoms with van der Waals surface area (Å²) < 4.78 is 15.8. The highest BCUT2D eigenvalue weighted by Gasteiger charge is 2.24. The molecule has 9 nitrogen and oxygen atoms in total. The first-order valence-electron chi connectivity index (χ1n) is 8.92. The molecule has 0 unspecified atom stereocenters. The molecular formula is C18H19N5O4. The van der Waals surface area contributed by atoms with Crippen molar-refractivity contribution < 1.29 is 18.6 Å². The quantitative estimate of drug-likeness (QED) is 0.704. The van der Waals surface area contributed by atoms with Crippen LogP contribution in [0, 0.1) is 0 Å². The van der Waals surface area contributed by atoms with Crippen molar-refractivity contribution in [3.8, 4) is 17.3 Å². The van der Waals surface area contributed by atoms with E-state index in [9.17, 15) is 4.79 Å². The van der Waals surface area contributed by atoms with Gasteiger partial charge in [0.1, 0.15) is 5.76 Å². The van der Waals surface area contributed by atoms with Crippen molar-refractivity contribution in [3.05, 3.63) is 41.2 Å². The van der Waals surface area contributed by atoms with E-state index in [0.29, 0.717) is 35.5 Å². The third-order valence-electron chi connectivity index (χ3n) is 4.32. The van der Waals surface area contributed by atoms with E-state index in [1.807, 2.05) is 6.92 Å². The van der Waals surface area contributed by atoms with Gasteiger partial charge in [-0.05, 0) is 32.3 Å². The fraction of sp³-hybridized carbons (Fsp3) is 0.389. The number of pyridine rings is 1.